The van der Waals surface area contributed by atoms with Gasteiger partial charge < -0.3 is 16.2 Å². The molecule has 0 aliphatic heterocycles. The molecule has 5 nitrogen and oxygen atoms in total. The molecule has 0 fully saturated rings. The van der Waals surface area contributed by atoms with Gasteiger partial charge in [0.25, 0.3) is 0 Å². The molecule has 17 heavy (non-hydrogen) atoms. The largest absolute Gasteiger partial charge is 0.462 e. The van der Waals surface area contributed by atoms with Gasteiger partial charge in [0.2, 0.25) is 0 Å². The lowest BCUT2D eigenvalue weighted by Crippen LogP contribution is -2.22. The van der Waals surface area contributed by atoms with Crippen LogP contribution in [0.2, 0.25) is 0 Å². The lowest BCUT2D eigenvalue weighted by Gasteiger charge is -2.02. The fourth-order valence-corrected chi connectivity index (χ4v) is 1.14. The zero-order valence-electron chi connectivity index (χ0n) is 9.55. The van der Waals surface area contributed by atoms with Crippen molar-refractivity contribution >= 4 is 35.9 Å². The number of nitrogens with two attached hydrogens (primary N) is 2. The molecule has 0 heterocycles. The Balaban J connectivity index is 0.00000256. The molecule has 4 N–H and O–H groups in total. The van der Waals surface area contributed by atoms with Crippen LogP contribution in [0, 0.1) is 0 Å². The van der Waals surface area contributed by atoms with E-state index in [1.807, 2.05) is 0 Å². The van der Waals surface area contributed by atoms with Gasteiger partial charge in [-0.25, -0.2) is 9.79 Å². The average Bonchev–Trinajstić information content (AvgIpc) is 2.27. The van der Waals surface area contributed by atoms with Crippen molar-refractivity contribution in [2.75, 3.05) is 6.61 Å². The average molecular weight is 349 g/mol. The summed E-state index contributed by atoms with van der Waals surface area (Å²) < 4.78 is 4.86. The van der Waals surface area contributed by atoms with Crippen LogP contribution in [0.1, 0.15) is 22.8 Å². The van der Waals surface area contributed by atoms with Gasteiger partial charge in [-0.2, -0.15) is 0 Å². The topological polar surface area (TPSA) is 90.7 Å². The third-order valence-corrected chi connectivity index (χ3v) is 1.91. The molecule has 0 unspecified atom stereocenters. The van der Waals surface area contributed by atoms with Gasteiger partial charge in [-0.05, 0) is 24.6 Å². The highest BCUT2D eigenvalue weighted by atomic mass is 127. The quantitative estimate of drug-likeness (QED) is 0.371. The summed E-state index contributed by atoms with van der Waals surface area (Å²) in [5, 5.41) is 0. The second-order valence-electron chi connectivity index (χ2n) is 3.16. The molecule has 0 atom stereocenters. The third kappa shape index (κ3) is 5.53. The molecular formula is C11H16IN3O2. The maximum Gasteiger partial charge on any atom is 0.338 e. The Bertz CT molecular complexity index is 386. The number of benzene rings is 1. The van der Waals surface area contributed by atoms with Gasteiger partial charge in [-0.15, -0.1) is 24.0 Å². The monoisotopic (exact) mass is 349 g/mol. The number of carbonyl (C=O) groups excluding carboxylic acids is 1. The molecule has 0 saturated carbocycles. The number of nitrogens with zero attached hydrogens (tertiary/aromatic N) is 1. The molecule has 1 rings (SSSR count). The van der Waals surface area contributed by atoms with Crippen LogP contribution in [0.3, 0.4) is 0 Å². The maximum absolute atomic E-state index is 11.3. The van der Waals surface area contributed by atoms with Crippen molar-refractivity contribution in [3.8, 4) is 0 Å². The maximum atomic E-state index is 11.3. The number of rotatable bonds is 4. The van der Waals surface area contributed by atoms with Crippen LogP contribution in [-0.4, -0.2) is 18.5 Å². The van der Waals surface area contributed by atoms with Gasteiger partial charge in [0.1, 0.15) is 0 Å². The number of hydrogen-bond donors (Lipinski definition) is 2. The zero-order valence-corrected chi connectivity index (χ0v) is 11.9. The van der Waals surface area contributed by atoms with Gasteiger partial charge in [-0.1, -0.05) is 12.1 Å². The number of hydrogen-bond acceptors (Lipinski definition) is 3. The Kier molecular flexibility index (Phi) is 7.27. The first-order valence-electron chi connectivity index (χ1n) is 4.95. The number of ether oxygens (including phenoxy) is 1. The summed E-state index contributed by atoms with van der Waals surface area (Å²) in [6.45, 7) is 2.55. The van der Waals surface area contributed by atoms with Crippen molar-refractivity contribution < 1.29 is 9.53 Å². The van der Waals surface area contributed by atoms with E-state index < -0.39 is 0 Å². The fourth-order valence-electron chi connectivity index (χ4n) is 1.14. The summed E-state index contributed by atoms with van der Waals surface area (Å²) in [5.74, 6) is -0.273. The highest BCUT2D eigenvalue weighted by Crippen LogP contribution is 2.07. The van der Waals surface area contributed by atoms with E-state index in [0.717, 1.165) is 5.56 Å². The molecule has 0 radical (unpaired) electrons. The summed E-state index contributed by atoms with van der Waals surface area (Å²) in [7, 11) is 0. The van der Waals surface area contributed by atoms with Crippen molar-refractivity contribution in [2.45, 2.75) is 13.5 Å². The van der Waals surface area contributed by atoms with E-state index in [-0.39, 0.29) is 35.9 Å². The number of esters is 1. The van der Waals surface area contributed by atoms with Crippen molar-refractivity contribution in [1.29, 1.82) is 0 Å². The highest BCUT2D eigenvalue weighted by Gasteiger charge is 2.04. The molecule has 0 aromatic heterocycles. The molecule has 6 heteroatoms. The second kappa shape index (κ2) is 7.88. The molecule has 0 amide bonds. The van der Waals surface area contributed by atoms with E-state index in [4.69, 9.17) is 16.2 Å². The molecule has 0 saturated heterocycles. The number of aliphatic imine (C=N–C) groups is 1. The van der Waals surface area contributed by atoms with Crippen LogP contribution in [0.25, 0.3) is 0 Å². The SMILES string of the molecule is CCOC(=O)c1ccc(CN=C(N)N)cc1.I. The predicted molar refractivity (Wildman–Crippen MR) is 77.3 cm³/mol. The van der Waals surface area contributed by atoms with Crippen molar-refractivity contribution in [3.63, 3.8) is 0 Å². The van der Waals surface area contributed by atoms with Crippen LogP contribution in [-0.2, 0) is 11.3 Å². The number of halogens is 1. The normalized spacial score (nSPS) is 9.00. The first-order valence-corrected chi connectivity index (χ1v) is 4.95. The first kappa shape index (κ1) is 15.7. The van der Waals surface area contributed by atoms with E-state index in [1.165, 1.54) is 0 Å². The van der Waals surface area contributed by atoms with Crippen LogP contribution in [0.5, 0.6) is 0 Å². The molecule has 0 aliphatic rings. The molecule has 0 aliphatic carbocycles. The van der Waals surface area contributed by atoms with E-state index in [1.54, 1.807) is 31.2 Å². The summed E-state index contributed by atoms with van der Waals surface area (Å²) in [5.41, 5.74) is 11.9. The summed E-state index contributed by atoms with van der Waals surface area (Å²) in [6, 6.07) is 6.96. The molecule has 1 aromatic rings. The van der Waals surface area contributed by atoms with Crippen LogP contribution < -0.4 is 11.5 Å². The lowest BCUT2D eigenvalue weighted by molar-refractivity contribution is 0.0526. The third-order valence-electron chi connectivity index (χ3n) is 1.91. The lowest BCUT2D eigenvalue weighted by atomic mass is 10.1. The van der Waals surface area contributed by atoms with E-state index in [9.17, 15) is 4.79 Å². The van der Waals surface area contributed by atoms with Crippen LogP contribution in [0.15, 0.2) is 29.3 Å². The van der Waals surface area contributed by atoms with Crippen molar-refractivity contribution in [1.82, 2.24) is 0 Å². The number of guanidine groups is 1. The van der Waals surface area contributed by atoms with Crippen molar-refractivity contribution in [2.24, 2.45) is 16.5 Å². The zero-order chi connectivity index (χ0) is 12.0. The smallest absolute Gasteiger partial charge is 0.338 e. The molecule has 0 bridgehead atoms. The molecular weight excluding hydrogens is 333 g/mol. The first-order chi connectivity index (χ1) is 7.63. The van der Waals surface area contributed by atoms with E-state index in [2.05, 4.69) is 4.99 Å². The number of carbonyl (C=O) groups is 1. The van der Waals surface area contributed by atoms with E-state index in [0.29, 0.717) is 18.7 Å². The summed E-state index contributed by atoms with van der Waals surface area (Å²) in [4.78, 5) is 15.2. The fraction of sp³-hybridized carbons (Fsp3) is 0.273. The van der Waals surface area contributed by atoms with E-state index >= 15 is 0 Å². The van der Waals surface area contributed by atoms with Gasteiger partial charge in [0, 0.05) is 0 Å². The van der Waals surface area contributed by atoms with Gasteiger partial charge in [0.05, 0.1) is 18.7 Å². The van der Waals surface area contributed by atoms with Crippen LogP contribution >= 0.6 is 24.0 Å². The Morgan fingerprint density at radius 1 is 1.29 bits per heavy atom. The van der Waals surface area contributed by atoms with Gasteiger partial charge in [0.15, 0.2) is 5.96 Å². The standard InChI is InChI=1S/C11H15N3O2.HI/c1-2-16-10(15)9-5-3-8(4-6-9)7-14-11(12)13;/h3-6H,2,7H2,1H3,(H4,12,13,14);1H. The van der Waals surface area contributed by atoms with Gasteiger partial charge >= 0.3 is 5.97 Å². The Hall–Kier alpha value is -1.31. The molecule has 94 valence electrons. The second-order valence-corrected chi connectivity index (χ2v) is 3.16. The van der Waals surface area contributed by atoms with Crippen molar-refractivity contribution in [3.05, 3.63) is 35.4 Å². The molecule has 0 spiro atoms. The van der Waals surface area contributed by atoms with Gasteiger partial charge in [-0.3, -0.25) is 0 Å². The minimum absolute atomic E-state index is 0. The van der Waals surface area contributed by atoms with Crippen LogP contribution in [0.4, 0.5) is 0 Å². The Morgan fingerprint density at radius 3 is 2.35 bits per heavy atom. The predicted octanol–water partition coefficient (Wildman–Crippen LogP) is 1.25. The minimum Gasteiger partial charge on any atom is -0.462 e. The summed E-state index contributed by atoms with van der Waals surface area (Å²) in [6.07, 6.45) is 0. The molecule has 1 aromatic carbocycles. The summed E-state index contributed by atoms with van der Waals surface area (Å²) >= 11 is 0. The highest BCUT2D eigenvalue weighted by molar-refractivity contribution is 14.0. The Morgan fingerprint density at radius 2 is 1.88 bits per heavy atom. The minimum atomic E-state index is -0.323. The Labute approximate surface area is 117 Å².